The molecular weight excluding hydrogens is 427 g/mol. The van der Waals surface area contributed by atoms with Crippen molar-refractivity contribution in [3.8, 4) is 0 Å². The van der Waals surface area contributed by atoms with Gasteiger partial charge < -0.3 is 16.2 Å². The average Bonchev–Trinajstić information content (AvgIpc) is 3.18. The van der Waals surface area contributed by atoms with Crippen LogP contribution in [0.15, 0.2) is 18.3 Å². The number of aliphatic carboxylic acids is 1. The quantitative estimate of drug-likeness (QED) is 0.473. The van der Waals surface area contributed by atoms with Crippen LogP contribution in [0.3, 0.4) is 0 Å². The summed E-state index contributed by atoms with van der Waals surface area (Å²) >= 11 is 0. The van der Waals surface area contributed by atoms with Gasteiger partial charge in [0.1, 0.15) is 6.04 Å². The van der Waals surface area contributed by atoms with Crippen LogP contribution in [0.25, 0.3) is 5.65 Å². The van der Waals surface area contributed by atoms with Crippen molar-refractivity contribution in [2.75, 3.05) is 0 Å². The lowest BCUT2D eigenvalue weighted by molar-refractivity contribution is -0.158. The zero-order valence-corrected chi connectivity index (χ0v) is 17.4. The van der Waals surface area contributed by atoms with Crippen LogP contribution < -0.4 is 11.1 Å². The van der Waals surface area contributed by atoms with Gasteiger partial charge in [0.25, 0.3) is 0 Å². The molecule has 1 aliphatic heterocycles. The molecule has 1 aliphatic carbocycles. The zero-order valence-electron chi connectivity index (χ0n) is 17.4. The molecule has 2 aromatic heterocycles. The Hall–Kier alpha value is -2.69. The third kappa shape index (κ3) is 4.17. The molecule has 1 amide bonds. The molecule has 8 nitrogen and oxygen atoms in total. The largest absolute Gasteiger partial charge is 0.480 e. The van der Waals surface area contributed by atoms with E-state index in [1.807, 2.05) is 0 Å². The number of carboxylic acid groups (broad SMARTS) is 1. The van der Waals surface area contributed by atoms with Gasteiger partial charge in [-0.2, -0.15) is 18.3 Å². The number of nitrogens with two attached hydrogens (primary N) is 1. The molecule has 0 spiro atoms. The summed E-state index contributed by atoms with van der Waals surface area (Å²) < 4.78 is 40.7. The van der Waals surface area contributed by atoms with Crippen molar-refractivity contribution in [3.63, 3.8) is 0 Å². The number of nitrogens with zero attached hydrogens (tertiary/aromatic N) is 3. The number of hydrogen-bond donors (Lipinski definition) is 3. The first-order valence-corrected chi connectivity index (χ1v) is 10.8. The molecule has 0 aromatic carbocycles. The number of halogens is 3. The maximum absolute atomic E-state index is 13.1. The standard InChI is InChI=1S/C21H26F3N5O3/c22-21(23,24)15-10-20(19(31)32,18(30)27-15)9-13-7-8-16-26-14(11-29(16)28-13)17(25)12-5-3-1-2-4-6-12/h7-8,11-12,15,17H,1-6,9-10,25H2,(H,27,30)(H,31,32)/t15-,17-,20?/m0/s1. The molecule has 11 heteroatoms. The van der Waals surface area contributed by atoms with E-state index in [1.54, 1.807) is 17.6 Å². The fraction of sp³-hybridized carbons (Fsp3) is 0.619. The Bertz CT molecular complexity index is 1020. The van der Waals surface area contributed by atoms with Gasteiger partial charge in [-0.15, -0.1) is 0 Å². The first-order chi connectivity index (χ1) is 15.1. The molecule has 2 fully saturated rings. The van der Waals surface area contributed by atoms with Gasteiger partial charge in [0, 0.05) is 12.8 Å². The van der Waals surface area contributed by atoms with Crippen LogP contribution in [-0.4, -0.2) is 43.8 Å². The van der Waals surface area contributed by atoms with Gasteiger partial charge in [-0.1, -0.05) is 25.7 Å². The predicted octanol–water partition coefficient (Wildman–Crippen LogP) is 2.76. The van der Waals surface area contributed by atoms with Gasteiger partial charge in [-0.25, -0.2) is 9.50 Å². The van der Waals surface area contributed by atoms with Crippen LogP contribution >= 0.6 is 0 Å². The number of amides is 1. The van der Waals surface area contributed by atoms with E-state index in [0.29, 0.717) is 17.3 Å². The number of carbonyl (C=O) groups is 2. The van der Waals surface area contributed by atoms with Gasteiger partial charge in [-0.05, 0) is 30.9 Å². The topological polar surface area (TPSA) is 123 Å². The highest BCUT2D eigenvalue weighted by atomic mass is 19.4. The van der Waals surface area contributed by atoms with E-state index < -0.39 is 42.4 Å². The monoisotopic (exact) mass is 453 g/mol. The molecular formula is C21H26F3N5O3. The molecule has 0 bridgehead atoms. The third-order valence-corrected chi connectivity index (χ3v) is 6.72. The SMILES string of the molecule is N[C@H](c1cn2nc(CC3(C(=O)O)C[C@@H](C(F)(F)F)NC3=O)ccc2n1)C1CCCCCC1. The number of rotatable bonds is 5. The lowest BCUT2D eigenvalue weighted by atomic mass is 9.80. The maximum Gasteiger partial charge on any atom is 0.408 e. The molecule has 174 valence electrons. The fourth-order valence-corrected chi connectivity index (χ4v) is 4.81. The average molecular weight is 453 g/mol. The van der Waals surface area contributed by atoms with E-state index in [1.165, 1.54) is 23.4 Å². The maximum atomic E-state index is 13.1. The highest BCUT2D eigenvalue weighted by Crippen LogP contribution is 2.40. The van der Waals surface area contributed by atoms with Crippen molar-refractivity contribution in [3.05, 3.63) is 29.7 Å². The van der Waals surface area contributed by atoms with Crippen LogP contribution in [0.2, 0.25) is 0 Å². The van der Waals surface area contributed by atoms with E-state index in [-0.39, 0.29) is 11.7 Å². The third-order valence-electron chi connectivity index (χ3n) is 6.72. The van der Waals surface area contributed by atoms with E-state index in [0.717, 1.165) is 25.7 Å². The van der Waals surface area contributed by atoms with E-state index in [9.17, 15) is 27.9 Å². The minimum absolute atomic E-state index is 0.185. The van der Waals surface area contributed by atoms with E-state index >= 15 is 0 Å². The molecule has 2 aromatic rings. The zero-order chi connectivity index (χ0) is 23.1. The predicted molar refractivity (Wildman–Crippen MR) is 107 cm³/mol. The van der Waals surface area contributed by atoms with Gasteiger partial charge in [0.2, 0.25) is 5.91 Å². The summed E-state index contributed by atoms with van der Waals surface area (Å²) in [6.45, 7) is 0. The Balaban J connectivity index is 1.58. The fourth-order valence-electron chi connectivity index (χ4n) is 4.81. The molecule has 4 rings (SSSR count). The molecule has 32 heavy (non-hydrogen) atoms. The second kappa shape index (κ2) is 8.34. The van der Waals surface area contributed by atoms with Crippen LogP contribution in [0.1, 0.15) is 62.4 Å². The minimum atomic E-state index is -4.72. The number of aromatic nitrogens is 3. The van der Waals surface area contributed by atoms with Crippen LogP contribution in [0.4, 0.5) is 13.2 Å². The Morgan fingerprint density at radius 2 is 1.97 bits per heavy atom. The van der Waals surface area contributed by atoms with Crippen LogP contribution in [0, 0.1) is 11.3 Å². The van der Waals surface area contributed by atoms with Crippen LogP contribution in [0.5, 0.6) is 0 Å². The van der Waals surface area contributed by atoms with Crippen LogP contribution in [-0.2, 0) is 16.0 Å². The second-order valence-corrected chi connectivity index (χ2v) is 8.91. The minimum Gasteiger partial charge on any atom is -0.480 e. The molecule has 1 unspecified atom stereocenters. The summed E-state index contributed by atoms with van der Waals surface area (Å²) in [5, 5.41) is 15.7. The number of fused-ring (bicyclic) bond motifs is 1. The van der Waals surface area contributed by atoms with Crippen molar-refractivity contribution >= 4 is 17.5 Å². The molecule has 2 aliphatic rings. The van der Waals surface area contributed by atoms with Crippen molar-refractivity contribution < 1.29 is 27.9 Å². The first-order valence-electron chi connectivity index (χ1n) is 10.8. The van der Waals surface area contributed by atoms with Gasteiger partial charge in [0.15, 0.2) is 11.1 Å². The van der Waals surface area contributed by atoms with Crippen molar-refractivity contribution in [2.45, 2.75) is 69.6 Å². The lowest BCUT2D eigenvalue weighted by Gasteiger charge is -2.21. The summed E-state index contributed by atoms with van der Waals surface area (Å²) in [4.78, 5) is 28.7. The number of alkyl halides is 3. The normalized spacial score (nSPS) is 26.1. The van der Waals surface area contributed by atoms with Gasteiger partial charge in [-0.3, -0.25) is 9.59 Å². The summed E-state index contributed by atoms with van der Waals surface area (Å²) in [6, 6.07) is 0.640. The summed E-state index contributed by atoms with van der Waals surface area (Å²) in [6.07, 6.45) is 2.34. The van der Waals surface area contributed by atoms with Crippen molar-refractivity contribution in [1.29, 1.82) is 0 Å². The number of imidazole rings is 1. The summed E-state index contributed by atoms with van der Waals surface area (Å²) in [5.41, 5.74) is 5.59. The lowest BCUT2D eigenvalue weighted by Crippen LogP contribution is -2.41. The van der Waals surface area contributed by atoms with Crippen molar-refractivity contribution in [2.24, 2.45) is 17.1 Å². The summed E-state index contributed by atoms with van der Waals surface area (Å²) in [5.74, 6) is -2.44. The second-order valence-electron chi connectivity index (χ2n) is 8.91. The molecule has 1 saturated heterocycles. The molecule has 0 radical (unpaired) electrons. The Morgan fingerprint density at radius 1 is 1.28 bits per heavy atom. The number of carboxylic acids is 1. The number of nitrogens with one attached hydrogen (secondary N) is 1. The molecule has 4 N–H and O–H groups in total. The Kier molecular flexibility index (Phi) is 5.87. The first kappa shape index (κ1) is 22.5. The van der Waals surface area contributed by atoms with Gasteiger partial charge >= 0.3 is 12.1 Å². The van der Waals surface area contributed by atoms with E-state index in [4.69, 9.17) is 5.73 Å². The molecule has 3 atom stereocenters. The molecule has 1 saturated carbocycles. The van der Waals surface area contributed by atoms with Gasteiger partial charge in [0.05, 0.1) is 23.6 Å². The smallest absolute Gasteiger partial charge is 0.408 e. The molecule has 3 heterocycles. The Labute approximate surface area is 182 Å². The van der Waals surface area contributed by atoms with Crippen molar-refractivity contribution in [1.82, 2.24) is 19.9 Å². The number of hydrogen-bond acceptors (Lipinski definition) is 5. The highest BCUT2D eigenvalue weighted by molar-refractivity contribution is 6.04. The summed E-state index contributed by atoms with van der Waals surface area (Å²) in [7, 11) is 0. The highest BCUT2D eigenvalue weighted by Gasteiger charge is 2.59. The Morgan fingerprint density at radius 3 is 2.56 bits per heavy atom. The van der Waals surface area contributed by atoms with E-state index in [2.05, 4.69) is 10.1 Å². The number of carbonyl (C=O) groups excluding carboxylic acids is 1.